The third kappa shape index (κ3) is 1.19. The van der Waals surface area contributed by atoms with Crippen molar-refractivity contribution in [1.29, 1.82) is 0 Å². The second kappa shape index (κ2) is 2.21. The lowest BCUT2D eigenvalue weighted by atomic mass is 9.68. The van der Waals surface area contributed by atoms with Crippen LogP contribution in [0.25, 0.3) is 0 Å². The number of hydrogen-bond acceptors (Lipinski definition) is 0. The fourth-order valence-corrected chi connectivity index (χ4v) is 2.64. The Balaban J connectivity index is 1.72. The van der Waals surface area contributed by atoms with Crippen LogP contribution in [-0.4, -0.2) is 6.17 Å². The van der Waals surface area contributed by atoms with Crippen molar-refractivity contribution in [3.8, 4) is 0 Å². The molecule has 64 valence electrons. The average molecular weight is 156 g/mol. The van der Waals surface area contributed by atoms with E-state index in [9.17, 15) is 4.39 Å². The van der Waals surface area contributed by atoms with Gasteiger partial charge < -0.3 is 0 Å². The molecule has 11 heavy (non-hydrogen) atoms. The fourth-order valence-electron chi connectivity index (χ4n) is 2.64. The molecule has 1 spiro atoms. The molecule has 1 unspecified atom stereocenters. The molecule has 0 aliphatic heterocycles. The van der Waals surface area contributed by atoms with E-state index in [4.69, 9.17) is 0 Å². The highest BCUT2D eigenvalue weighted by molar-refractivity contribution is 5.11. The van der Waals surface area contributed by atoms with E-state index in [-0.39, 0.29) is 5.41 Å². The largest absolute Gasteiger partial charge is 0.247 e. The third-order valence-electron chi connectivity index (χ3n) is 3.29. The Morgan fingerprint density at radius 1 is 1.36 bits per heavy atom. The first-order chi connectivity index (χ1) is 5.12. The summed E-state index contributed by atoms with van der Waals surface area (Å²) in [5, 5.41) is 0. The number of hydrogen-bond donors (Lipinski definition) is 0. The van der Waals surface area contributed by atoms with Gasteiger partial charge >= 0.3 is 0 Å². The second-order valence-electron chi connectivity index (χ2n) is 4.94. The molecule has 0 saturated heterocycles. The number of alkyl halides is 1. The highest BCUT2D eigenvalue weighted by atomic mass is 19.1. The van der Waals surface area contributed by atoms with E-state index in [1.165, 1.54) is 19.3 Å². The van der Waals surface area contributed by atoms with Crippen molar-refractivity contribution in [2.45, 2.75) is 45.7 Å². The Morgan fingerprint density at radius 3 is 2.27 bits per heavy atom. The van der Waals surface area contributed by atoms with E-state index in [1.54, 1.807) is 0 Å². The predicted molar refractivity (Wildman–Crippen MR) is 44.1 cm³/mol. The summed E-state index contributed by atoms with van der Waals surface area (Å²) in [5.41, 5.74) is 0.222. The van der Waals surface area contributed by atoms with Crippen molar-refractivity contribution in [3.63, 3.8) is 0 Å². The molecule has 2 aliphatic rings. The molecular weight excluding hydrogens is 139 g/mol. The Hall–Kier alpha value is -0.0700. The van der Waals surface area contributed by atoms with Crippen LogP contribution in [0.5, 0.6) is 0 Å². The zero-order chi connectivity index (χ0) is 8.06. The smallest absolute Gasteiger partial charge is 0.106 e. The minimum atomic E-state index is -0.425. The van der Waals surface area contributed by atoms with Crippen molar-refractivity contribution in [1.82, 2.24) is 0 Å². The molecule has 1 atom stereocenters. The SMILES string of the molecule is CC(C)CC1CC2(C1)CC2F. The van der Waals surface area contributed by atoms with Crippen molar-refractivity contribution >= 4 is 0 Å². The van der Waals surface area contributed by atoms with Crippen LogP contribution in [0.2, 0.25) is 0 Å². The Morgan fingerprint density at radius 2 is 1.91 bits per heavy atom. The molecular formula is C10H17F. The van der Waals surface area contributed by atoms with Crippen LogP contribution < -0.4 is 0 Å². The van der Waals surface area contributed by atoms with Gasteiger partial charge in [0, 0.05) is 5.41 Å². The van der Waals surface area contributed by atoms with Crippen LogP contribution in [-0.2, 0) is 0 Å². The summed E-state index contributed by atoms with van der Waals surface area (Å²) in [6, 6.07) is 0. The van der Waals surface area contributed by atoms with E-state index in [0.717, 1.165) is 18.3 Å². The molecule has 0 aromatic rings. The van der Waals surface area contributed by atoms with Gasteiger partial charge in [-0.3, -0.25) is 0 Å². The van der Waals surface area contributed by atoms with E-state index in [1.807, 2.05) is 0 Å². The van der Waals surface area contributed by atoms with Gasteiger partial charge in [-0.15, -0.1) is 0 Å². The molecule has 0 bridgehead atoms. The van der Waals surface area contributed by atoms with Gasteiger partial charge in [0.2, 0.25) is 0 Å². The van der Waals surface area contributed by atoms with Crippen molar-refractivity contribution in [2.24, 2.45) is 17.3 Å². The highest BCUT2D eigenvalue weighted by Gasteiger charge is 2.62. The lowest BCUT2D eigenvalue weighted by molar-refractivity contribution is 0.115. The van der Waals surface area contributed by atoms with Gasteiger partial charge in [-0.05, 0) is 37.5 Å². The van der Waals surface area contributed by atoms with Crippen LogP contribution in [0.15, 0.2) is 0 Å². The van der Waals surface area contributed by atoms with Crippen molar-refractivity contribution < 1.29 is 4.39 Å². The maximum Gasteiger partial charge on any atom is 0.106 e. The zero-order valence-corrected chi connectivity index (χ0v) is 7.44. The lowest BCUT2D eigenvalue weighted by Crippen LogP contribution is -2.28. The fraction of sp³-hybridized carbons (Fsp3) is 1.00. The summed E-state index contributed by atoms with van der Waals surface area (Å²) < 4.78 is 12.7. The Kier molecular flexibility index (Phi) is 1.52. The minimum absolute atomic E-state index is 0.222. The average Bonchev–Trinajstić information content (AvgIpc) is 2.38. The summed E-state index contributed by atoms with van der Waals surface area (Å²) in [7, 11) is 0. The van der Waals surface area contributed by atoms with Crippen LogP contribution in [0.1, 0.15) is 39.5 Å². The molecule has 0 amide bonds. The number of halogens is 1. The van der Waals surface area contributed by atoms with Crippen molar-refractivity contribution in [3.05, 3.63) is 0 Å². The summed E-state index contributed by atoms with van der Waals surface area (Å²) in [4.78, 5) is 0. The molecule has 2 rings (SSSR count). The molecule has 2 saturated carbocycles. The van der Waals surface area contributed by atoms with E-state index < -0.39 is 6.17 Å². The van der Waals surface area contributed by atoms with Crippen LogP contribution in [0.4, 0.5) is 4.39 Å². The quantitative estimate of drug-likeness (QED) is 0.576. The summed E-state index contributed by atoms with van der Waals surface area (Å²) in [5.74, 6) is 1.66. The van der Waals surface area contributed by atoms with Gasteiger partial charge in [0.15, 0.2) is 0 Å². The zero-order valence-electron chi connectivity index (χ0n) is 7.44. The maximum absolute atomic E-state index is 12.7. The molecule has 2 aliphatic carbocycles. The van der Waals surface area contributed by atoms with Gasteiger partial charge in [0.25, 0.3) is 0 Å². The maximum atomic E-state index is 12.7. The topological polar surface area (TPSA) is 0 Å². The first-order valence-electron chi connectivity index (χ1n) is 4.76. The Bertz CT molecular complexity index is 156. The van der Waals surface area contributed by atoms with Crippen LogP contribution >= 0.6 is 0 Å². The summed E-state index contributed by atoms with van der Waals surface area (Å²) in [6.07, 6.45) is 4.14. The second-order valence-corrected chi connectivity index (χ2v) is 4.94. The molecule has 0 aromatic heterocycles. The van der Waals surface area contributed by atoms with E-state index in [0.29, 0.717) is 0 Å². The van der Waals surface area contributed by atoms with Crippen molar-refractivity contribution in [2.75, 3.05) is 0 Å². The van der Waals surface area contributed by atoms with Crippen LogP contribution in [0.3, 0.4) is 0 Å². The van der Waals surface area contributed by atoms with E-state index in [2.05, 4.69) is 13.8 Å². The first kappa shape index (κ1) is 7.57. The number of rotatable bonds is 2. The molecule has 0 heterocycles. The van der Waals surface area contributed by atoms with Gasteiger partial charge in [0.1, 0.15) is 6.17 Å². The standard InChI is InChI=1S/C10H17F/c1-7(2)3-8-4-10(5-8)6-9(10)11/h7-9H,3-6H2,1-2H3. The van der Waals surface area contributed by atoms with Gasteiger partial charge in [0.05, 0.1) is 0 Å². The predicted octanol–water partition coefficient (Wildman–Crippen LogP) is 3.17. The third-order valence-corrected chi connectivity index (χ3v) is 3.29. The normalized spacial score (nSPS) is 48.0. The minimum Gasteiger partial charge on any atom is -0.247 e. The molecule has 2 fully saturated rings. The molecule has 0 radical (unpaired) electrons. The van der Waals surface area contributed by atoms with Gasteiger partial charge in [-0.1, -0.05) is 13.8 Å². The highest BCUT2D eigenvalue weighted by Crippen LogP contribution is 2.65. The molecule has 1 heteroatoms. The van der Waals surface area contributed by atoms with Crippen LogP contribution in [0, 0.1) is 17.3 Å². The van der Waals surface area contributed by atoms with E-state index >= 15 is 0 Å². The molecule has 0 N–H and O–H groups in total. The van der Waals surface area contributed by atoms with Gasteiger partial charge in [-0.25, -0.2) is 4.39 Å². The summed E-state index contributed by atoms with van der Waals surface area (Å²) in [6.45, 7) is 4.51. The van der Waals surface area contributed by atoms with Gasteiger partial charge in [-0.2, -0.15) is 0 Å². The first-order valence-corrected chi connectivity index (χ1v) is 4.76. The monoisotopic (exact) mass is 156 g/mol. The lowest BCUT2D eigenvalue weighted by Gasteiger charge is -2.36. The Labute approximate surface area is 68.2 Å². The molecule has 0 nitrogen and oxygen atoms in total. The summed E-state index contributed by atoms with van der Waals surface area (Å²) >= 11 is 0. The molecule has 0 aromatic carbocycles.